The van der Waals surface area contributed by atoms with Gasteiger partial charge in [-0.1, -0.05) is 28.9 Å². The Morgan fingerprint density at radius 3 is 2.69 bits per heavy atom. The zero-order chi connectivity index (χ0) is 22.1. The molecule has 0 unspecified atom stereocenters. The maximum Gasteiger partial charge on any atom is 0.277 e. The van der Waals surface area contributed by atoms with Gasteiger partial charge in [-0.15, -0.1) is 0 Å². The van der Waals surface area contributed by atoms with E-state index in [0.29, 0.717) is 40.1 Å². The van der Waals surface area contributed by atoms with E-state index in [-0.39, 0.29) is 12.1 Å². The molecule has 9 heteroatoms. The Morgan fingerprint density at radius 2 is 1.91 bits per heavy atom. The van der Waals surface area contributed by atoms with Crippen molar-refractivity contribution in [2.75, 3.05) is 6.61 Å². The number of halogens is 1. The lowest BCUT2D eigenvalue weighted by Gasteiger charge is -2.02. The molecule has 0 aliphatic heterocycles. The molecule has 0 fully saturated rings. The summed E-state index contributed by atoms with van der Waals surface area (Å²) in [5.41, 5.74) is 2.49. The van der Waals surface area contributed by atoms with E-state index >= 15 is 0 Å². The number of nitrogens with zero attached hydrogens (tertiary/aromatic N) is 5. The minimum atomic E-state index is -0.213. The molecule has 0 saturated carbocycles. The second-order valence-electron chi connectivity index (χ2n) is 7.04. The van der Waals surface area contributed by atoms with Crippen LogP contribution in [0.2, 0.25) is 5.02 Å². The van der Waals surface area contributed by atoms with Gasteiger partial charge in [0.05, 0.1) is 17.3 Å². The van der Waals surface area contributed by atoms with E-state index in [1.54, 1.807) is 29.0 Å². The van der Waals surface area contributed by atoms with Crippen LogP contribution in [0.4, 0.5) is 0 Å². The van der Waals surface area contributed by atoms with Crippen molar-refractivity contribution in [3.63, 3.8) is 0 Å². The summed E-state index contributed by atoms with van der Waals surface area (Å²) in [6.45, 7) is 2.68. The molecule has 5 rings (SSSR count). The molecule has 0 N–H and O–H groups in total. The zero-order valence-electron chi connectivity index (χ0n) is 17.1. The quantitative estimate of drug-likeness (QED) is 0.385. The molecule has 3 heterocycles. The Hall–Kier alpha value is -3.91. The Bertz CT molecular complexity index is 1450. The van der Waals surface area contributed by atoms with Crippen LogP contribution in [-0.2, 0) is 6.54 Å². The first-order chi connectivity index (χ1) is 15.6. The van der Waals surface area contributed by atoms with Gasteiger partial charge in [-0.05, 0) is 49.4 Å². The Labute approximate surface area is 187 Å². The van der Waals surface area contributed by atoms with Crippen LogP contribution in [0.25, 0.3) is 28.2 Å². The molecule has 0 amide bonds. The van der Waals surface area contributed by atoms with Gasteiger partial charge in [0.1, 0.15) is 17.8 Å². The predicted octanol–water partition coefficient (Wildman–Crippen LogP) is 4.31. The highest BCUT2D eigenvalue weighted by Crippen LogP contribution is 2.25. The topological polar surface area (TPSA) is 87.5 Å². The summed E-state index contributed by atoms with van der Waals surface area (Å²) in [7, 11) is 0. The van der Waals surface area contributed by atoms with Crippen LogP contribution in [-0.4, -0.2) is 30.9 Å². The van der Waals surface area contributed by atoms with E-state index in [0.717, 1.165) is 11.3 Å². The third-order valence-electron chi connectivity index (χ3n) is 4.95. The van der Waals surface area contributed by atoms with Crippen LogP contribution in [0.1, 0.15) is 12.8 Å². The molecule has 0 aliphatic carbocycles. The summed E-state index contributed by atoms with van der Waals surface area (Å²) in [5, 5.41) is 9.03. The van der Waals surface area contributed by atoms with E-state index in [4.69, 9.17) is 20.9 Å². The van der Waals surface area contributed by atoms with Crippen LogP contribution >= 0.6 is 11.6 Å². The van der Waals surface area contributed by atoms with Crippen molar-refractivity contribution in [3.8, 4) is 28.4 Å². The number of ether oxygens (including phenoxy) is 1. The average Bonchev–Trinajstić information content (AvgIpc) is 3.45. The first kappa shape index (κ1) is 20.0. The second kappa shape index (κ2) is 8.32. The lowest BCUT2D eigenvalue weighted by molar-refractivity contribution is 0.340. The van der Waals surface area contributed by atoms with Crippen molar-refractivity contribution in [2.45, 2.75) is 13.5 Å². The molecule has 0 aliphatic rings. The molecule has 32 heavy (non-hydrogen) atoms. The van der Waals surface area contributed by atoms with Crippen molar-refractivity contribution < 1.29 is 9.26 Å². The zero-order valence-corrected chi connectivity index (χ0v) is 17.9. The standard InChI is InChI=1S/C23H18ClN5O3/c1-2-31-16-9-7-15(8-10-16)19-13-20-23(30)28(11-12-29(20)26-19)14-21-25-22(27-32-21)17-5-3-4-6-18(17)24/h3-13H,2,14H2,1H3. The van der Waals surface area contributed by atoms with Crippen LogP contribution in [0.15, 0.2) is 76.3 Å². The first-order valence-electron chi connectivity index (χ1n) is 10.0. The van der Waals surface area contributed by atoms with Crippen LogP contribution in [0.3, 0.4) is 0 Å². The van der Waals surface area contributed by atoms with Crippen molar-refractivity contribution in [1.29, 1.82) is 0 Å². The maximum atomic E-state index is 13.0. The number of hydrogen-bond acceptors (Lipinski definition) is 6. The van der Waals surface area contributed by atoms with Crippen molar-refractivity contribution in [3.05, 3.63) is 88.3 Å². The van der Waals surface area contributed by atoms with Crippen molar-refractivity contribution in [1.82, 2.24) is 24.3 Å². The highest BCUT2D eigenvalue weighted by Gasteiger charge is 2.14. The number of fused-ring (bicyclic) bond motifs is 1. The molecular weight excluding hydrogens is 430 g/mol. The predicted molar refractivity (Wildman–Crippen MR) is 120 cm³/mol. The normalized spacial score (nSPS) is 11.2. The molecule has 8 nitrogen and oxygen atoms in total. The molecule has 3 aromatic heterocycles. The molecule has 2 aromatic carbocycles. The molecular formula is C23H18ClN5O3. The molecule has 0 radical (unpaired) electrons. The molecule has 0 atom stereocenters. The summed E-state index contributed by atoms with van der Waals surface area (Å²) >= 11 is 6.20. The first-order valence-corrected chi connectivity index (χ1v) is 10.4. The number of benzene rings is 2. The lowest BCUT2D eigenvalue weighted by atomic mass is 10.1. The maximum absolute atomic E-state index is 13.0. The van der Waals surface area contributed by atoms with Crippen molar-refractivity contribution >= 4 is 17.1 Å². The summed E-state index contributed by atoms with van der Waals surface area (Å²) in [5.74, 6) is 1.47. The van der Waals surface area contributed by atoms with Gasteiger partial charge in [-0.3, -0.25) is 4.79 Å². The minimum Gasteiger partial charge on any atom is -0.494 e. The van der Waals surface area contributed by atoms with E-state index < -0.39 is 0 Å². The second-order valence-corrected chi connectivity index (χ2v) is 7.45. The molecule has 5 aromatic rings. The average molecular weight is 448 g/mol. The minimum absolute atomic E-state index is 0.135. The molecule has 0 bridgehead atoms. The fourth-order valence-corrected chi connectivity index (χ4v) is 3.62. The summed E-state index contributed by atoms with van der Waals surface area (Å²) in [4.78, 5) is 17.4. The van der Waals surface area contributed by atoms with Gasteiger partial charge >= 0.3 is 0 Å². The highest BCUT2D eigenvalue weighted by molar-refractivity contribution is 6.33. The summed E-state index contributed by atoms with van der Waals surface area (Å²) in [6.07, 6.45) is 3.36. The molecule has 0 spiro atoms. The van der Waals surface area contributed by atoms with E-state index in [1.807, 2.05) is 49.4 Å². The smallest absolute Gasteiger partial charge is 0.277 e. The van der Waals surface area contributed by atoms with Gasteiger partial charge in [0.15, 0.2) is 0 Å². The summed E-state index contributed by atoms with van der Waals surface area (Å²) in [6, 6.07) is 16.6. The lowest BCUT2D eigenvalue weighted by Crippen LogP contribution is -2.21. The largest absolute Gasteiger partial charge is 0.494 e. The van der Waals surface area contributed by atoms with E-state index in [2.05, 4.69) is 15.2 Å². The van der Waals surface area contributed by atoms with E-state index in [1.165, 1.54) is 4.57 Å². The third kappa shape index (κ3) is 3.76. The number of hydrogen-bond donors (Lipinski definition) is 0. The number of aromatic nitrogens is 5. The fraction of sp³-hybridized carbons (Fsp3) is 0.130. The van der Waals surface area contributed by atoms with Crippen molar-refractivity contribution in [2.24, 2.45) is 0 Å². The fourth-order valence-electron chi connectivity index (χ4n) is 3.40. The molecule has 0 saturated heterocycles. The third-order valence-corrected chi connectivity index (χ3v) is 5.28. The Kier molecular flexibility index (Phi) is 5.20. The monoisotopic (exact) mass is 447 g/mol. The van der Waals surface area contributed by atoms with Gasteiger partial charge in [0.2, 0.25) is 11.7 Å². The Balaban J connectivity index is 1.43. The van der Waals surface area contributed by atoms with Gasteiger partial charge in [-0.25, -0.2) is 4.52 Å². The van der Waals surface area contributed by atoms with Crippen LogP contribution in [0, 0.1) is 0 Å². The van der Waals surface area contributed by atoms with E-state index in [9.17, 15) is 4.79 Å². The van der Waals surface area contributed by atoms with Crippen LogP contribution < -0.4 is 10.3 Å². The number of rotatable bonds is 6. The SMILES string of the molecule is CCOc1ccc(-c2cc3c(=O)n(Cc4nc(-c5ccccc5Cl)no4)ccn3n2)cc1. The molecule has 160 valence electrons. The highest BCUT2D eigenvalue weighted by atomic mass is 35.5. The van der Waals surface area contributed by atoms with Gasteiger partial charge in [-0.2, -0.15) is 10.1 Å². The van der Waals surface area contributed by atoms with Gasteiger partial charge < -0.3 is 13.8 Å². The van der Waals surface area contributed by atoms with Crippen LogP contribution in [0.5, 0.6) is 5.75 Å². The van der Waals surface area contributed by atoms with Gasteiger partial charge in [0.25, 0.3) is 5.56 Å². The van der Waals surface area contributed by atoms with Gasteiger partial charge in [0, 0.05) is 23.5 Å². The Morgan fingerprint density at radius 1 is 1.09 bits per heavy atom. The summed E-state index contributed by atoms with van der Waals surface area (Å²) < 4.78 is 13.9.